The van der Waals surface area contributed by atoms with Crippen LogP contribution >= 0.6 is 0 Å². The number of nitrogens with zero attached hydrogens (tertiary/aromatic N) is 1. The Hall–Kier alpha value is -2.57. The van der Waals surface area contributed by atoms with Gasteiger partial charge in [-0.1, -0.05) is 48.5 Å². The van der Waals surface area contributed by atoms with Crippen molar-refractivity contribution in [1.82, 2.24) is 15.5 Å². The minimum Gasteiger partial charge on any atom is -0.496 e. The number of urea groups is 1. The first kappa shape index (κ1) is 21.1. The summed E-state index contributed by atoms with van der Waals surface area (Å²) in [6.07, 6.45) is 1.64. The molecule has 6 nitrogen and oxygen atoms in total. The molecule has 1 fully saturated rings. The first-order valence-corrected chi connectivity index (χ1v) is 10.3. The summed E-state index contributed by atoms with van der Waals surface area (Å²) < 4.78 is 10.8. The topological polar surface area (TPSA) is 62.8 Å². The molecule has 0 saturated carbocycles. The standard InChI is InChI=1S/C23H31N3O3/c1-28-22-10-6-5-9-20(22)11-12-24-23(27)25-18-21(26-13-15-29-16-14-26)17-19-7-3-2-4-8-19/h2-10,21H,11-18H2,1H3,(H2,24,25,27). The molecule has 156 valence electrons. The molecule has 3 rings (SSSR count). The lowest BCUT2D eigenvalue weighted by Gasteiger charge is -2.34. The van der Waals surface area contributed by atoms with Gasteiger partial charge in [-0.05, 0) is 30.0 Å². The van der Waals surface area contributed by atoms with E-state index in [0.29, 0.717) is 13.1 Å². The lowest BCUT2D eigenvalue weighted by Crippen LogP contribution is -2.51. The fourth-order valence-corrected chi connectivity index (χ4v) is 3.65. The predicted molar refractivity (Wildman–Crippen MR) is 114 cm³/mol. The Bertz CT molecular complexity index is 748. The zero-order valence-electron chi connectivity index (χ0n) is 17.1. The van der Waals surface area contributed by atoms with E-state index in [9.17, 15) is 4.79 Å². The maximum atomic E-state index is 12.3. The third-order valence-corrected chi connectivity index (χ3v) is 5.25. The number of hydrogen-bond donors (Lipinski definition) is 2. The summed E-state index contributed by atoms with van der Waals surface area (Å²) in [7, 11) is 1.66. The molecule has 0 radical (unpaired) electrons. The second-order valence-corrected chi connectivity index (χ2v) is 7.19. The molecule has 2 aromatic carbocycles. The Labute approximate surface area is 173 Å². The minimum atomic E-state index is -0.133. The smallest absolute Gasteiger partial charge is 0.314 e. The summed E-state index contributed by atoms with van der Waals surface area (Å²) in [5.41, 5.74) is 2.37. The Kier molecular flexibility index (Phi) is 8.34. The van der Waals surface area contributed by atoms with Crippen LogP contribution in [0, 0.1) is 0 Å². The molecule has 1 heterocycles. The fraction of sp³-hybridized carbons (Fsp3) is 0.435. The number of rotatable bonds is 9. The van der Waals surface area contributed by atoms with Gasteiger partial charge in [-0.15, -0.1) is 0 Å². The zero-order chi connectivity index (χ0) is 20.3. The molecule has 1 saturated heterocycles. The molecule has 1 atom stereocenters. The van der Waals surface area contributed by atoms with Crippen molar-refractivity contribution < 1.29 is 14.3 Å². The third-order valence-electron chi connectivity index (χ3n) is 5.25. The predicted octanol–water partition coefficient (Wildman–Crippen LogP) is 2.48. The van der Waals surface area contributed by atoms with Gasteiger partial charge in [-0.3, -0.25) is 4.90 Å². The fourth-order valence-electron chi connectivity index (χ4n) is 3.65. The van der Waals surface area contributed by atoms with Crippen LogP contribution in [-0.4, -0.2) is 63.5 Å². The van der Waals surface area contributed by atoms with Gasteiger partial charge < -0.3 is 20.1 Å². The van der Waals surface area contributed by atoms with Crippen LogP contribution in [0.25, 0.3) is 0 Å². The van der Waals surface area contributed by atoms with E-state index >= 15 is 0 Å². The van der Waals surface area contributed by atoms with Crippen molar-refractivity contribution in [3.8, 4) is 5.75 Å². The van der Waals surface area contributed by atoms with E-state index in [-0.39, 0.29) is 12.1 Å². The Morgan fingerprint density at radius 2 is 1.79 bits per heavy atom. The summed E-state index contributed by atoms with van der Waals surface area (Å²) in [5, 5.41) is 6.01. The number of carbonyl (C=O) groups excluding carboxylic acids is 1. The second kappa shape index (κ2) is 11.4. The zero-order valence-corrected chi connectivity index (χ0v) is 17.1. The highest BCUT2D eigenvalue weighted by atomic mass is 16.5. The highest BCUT2D eigenvalue weighted by Gasteiger charge is 2.22. The van der Waals surface area contributed by atoms with Crippen molar-refractivity contribution in [3.05, 3.63) is 65.7 Å². The van der Waals surface area contributed by atoms with E-state index in [1.165, 1.54) is 5.56 Å². The molecule has 0 bridgehead atoms. The molecule has 1 aliphatic heterocycles. The summed E-state index contributed by atoms with van der Waals surface area (Å²) in [4.78, 5) is 14.7. The lowest BCUT2D eigenvalue weighted by molar-refractivity contribution is 0.0172. The van der Waals surface area contributed by atoms with Gasteiger partial charge in [0, 0.05) is 32.2 Å². The lowest BCUT2D eigenvalue weighted by atomic mass is 10.0. The normalized spacial score (nSPS) is 15.5. The molecular weight excluding hydrogens is 366 g/mol. The van der Waals surface area contributed by atoms with Gasteiger partial charge in [0.1, 0.15) is 5.75 Å². The minimum absolute atomic E-state index is 0.133. The highest BCUT2D eigenvalue weighted by molar-refractivity contribution is 5.73. The molecule has 29 heavy (non-hydrogen) atoms. The van der Waals surface area contributed by atoms with Crippen LogP contribution in [0.2, 0.25) is 0 Å². The number of carbonyl (C=O) groups is 1. The van der Waals surface area contributed by atoms with Crippen LogP contribution in [-0.2, 0) is 17.6 Å². The van der Waals surface area contributed by atoms with Crippen molar-refractivity contribution in [2.45, 2.75) is 18.9 Å². The van der Waals surface area contributed by atoms with Crippen LogP contribution < -0.4 is 15.4 Å². The van der Waals surface area contributed by atoms with E-state index in [0.717, 1.165) is 50.5 Å². The summed E-state index contributed by atoms with van der Waals surface area (Å²) in [6.45, 7) is 4.46. The van der Waals surface area contributed by atoms with E-state index in [1.807, 2.05) is 30.3 Å². The van der Waals surface area contributed by atoms with Crippen LogP contribution in [0.5, 0.6) is 5.75 Å². The van der Waals surface area contributed by atoms with E-state index in [2.05, 4.69) is 39.8 Å². The molecule has 0 aliphatic carbocycles. The second-order valence-electron chi connectivity index (χ2n) is 7.19. The van der Waals surface area contributed by atoms with Gasteiger partial charge in [0.15, 0.2) is 0 Å². The number of benzene rings is 2. The summed E-state index contributed by atoms with van der Waals surface area (Å²) >= 11 is 0. The molecule has 0 spiro atoms. The average molecular weight is 398 g/mol. The number of methoxy groups -OCH3 is 1. The van der Waals surface area contributed by atoms with Crippen LogP contribution in [0.4, 0.5) is 4.79 Å². The number of morpholine rings is 1. The number of amides is 2. The first-order chi connectivity index (χ1) is 14.3. The van der Waals surface area contributed by atoms with Crippen LogP contribution in [0.1, 0.15) is 11.1 Å². The average Bonchev–Trinajstić information content (AvgIpc) is 2.78. The largest absolute Gasteiger partial charge is 0.496 e. The van der Waals surface area contributed by atoms with E-state index < -0.39 is 0 Å². The van der Waals surface area contributed by atoms with Crippen molar-refractivity contribution in [3.63, 3.8) is 0 Å². The molecule has 6 heteroatoms. The quantitative estimate of drug-likeness (QED) is 0.682. The van der Waals surface area contributed by atoms with Crippen molar-refractivity contribution in [2.24, 2.45) is 0 Å². The highest BCUT2D eigenvalue weighted by Crippen LogP contribution is 2.17. The van der Waals surface area contributed by atoms with Crippen LogP contribution in [0.3, 0.4) is 0 Å². The molecule has 2 aromatic rings. The maximum absolute atomic E-state index is 12.3. The van der Waals surface area contributed by atoms with E-state index in [1.54, 1.807) is 7.11 Å². The van der Waals surface area contributed by atoms with Crippen molar-refractivity contribution in [1.29, 1.82) is 0 Å². The Balaban J connectivity index is 1.48. The number of para-hydroxylation sites is 1. The van der Waals surface area contributed by atoms with Gasteiger partial charge in [-0.2, -0.15) is 0 Å². The molecule has 2 N–H and O–H groups in total. The molecule has 1 aliphatic rings. The number of hydrogen-bond acceptors (Lipinski definition) is 4. The first-order valence-electron chi connectivity index (χ1n) is 10.3. The SMILES string of the molecule is COc1ccccc1CCNC(=O)NCC(Cc1ccccc1)N1CCOCC1. The molecule has 1 unspecified atom stereocenters. The van der Waals surface area contributed by atoms with Gasteiger partial charge in [0.2, 0.25) is 0 Å². The maximum Gasteiger partial charge on any atom is 0.314 e. The summed E-state index contributed by atoms with van der Waals surface area (Å²) in [5.74, 6) is 0.852. The van der Waals surface area contributed by atoms with E-state index in [4.69, 9.17) is 9.47 Å². The number of ether oxygens (including phenoxy) is 2. The number of nitrogens with one attached hydrogen (secondary N) is 2. The molecular formula is C23H31N3O3. The van der Waals surface area contributed by atoms with Gasteiger partial charge >= 0.3 is 6.03 Å². The van der Waals surface area contributed by atoms with Crippen molar-refractivity contribution >= 4 is 6.03 Å². The summed E-state index contributed by atoms with van der Waals surface area (Å²) in [6, 6.07) is 18.4. The van der Waals surface area contributed by atoms with Crippen molar-refractivity contribution in [2.75, 3.05) is 46.5 Å². The van der Waals surface area contributed by atoms with Gasteiger partial charge in [0.05, 0.1) is 20.3 Å². The Morgan fingerprint density at radius 3 is 2.55 bits per heavy atom. The molecule has 2 amide bonds. The Morgan fingerprint density at radius 1 is 1.07 bits per heavy atom. The molecule has 0 aromatic heterocycles. The monoisotopic (exact) mass is 397 g/mol. The van der Waals surface area contributed by atoms with Gasteiger partial charge in [0.25, 0.3) is 0 Å². The van der Waals surface area contributed by atoms with Gasteiger partial charge in [-0.25, -0.2) is 4.79 Å². The third kappa shape index (κ3) is 6.76. The van der Waals surface area contributed by atoms with Crippen LogP contribution in [0.15, 0.2) is 54.6 Å².